The Balaban J connectivity index is 1.19. The second-order valence-electron chi connectivity index (χ2n) is 16.5. The molecule has 0 radical (unpaired) electrons. The van der Waals surface area contributed by atoms with E-state index in [-0.39, 0.29) is 0 Å². The van der Waals surface area contributed by atoms with Crippen molar-refractivity contribution in [2.75, 3.05) is 0 Å². The molecule has 0 saturated carbocycles. The van der Waals surface area contributed by atoms with E-state index >= 15 is 0 Å². The first-order valence-corrected chi connectivity index (χ1v) is 22.1. The van der Waals surface area contributed by atoms with Crippen LogP contribution in [0.5, 0.6) is 0 Å². The maximum atomic E-state index is 6.66. The van der Waals surface area contributed by atoms with E-state index in [0.717, 1.165) is 105 Å². The van der Waals surface area contributed by atoms with Gasteiger partial charge in [-0.05, 0) is 83.3 Å². The summed E-state index contributed by atoms with van der Waals surface area (Å²) in [6.07, 6.45) is 0. The fourth-order valence-electron chi connectivity index (χ4n) is 9.38. The molecule has 0 N–H and O–H groups in total. The summed E-state index contributed by atoms with van der Waals surface area (Å²) >= 11 is 0. The number of oxazole rings is 1. The number of hydrogen-bond acceptors (Lipinski definition) is 3. The average Bonchev–Trinajstić information content (AvgIpc) is 4.08. The molecule has 0 fully saturated rings. The molecule has 0 aliphatic carbocycles. The molecule has 312 valence electrons. The summed E-state index contributed by atoms with van der Waals surface area (Å²) in [7, 11) is 0. The van der Waals surface area contributed by atoms with Gasteiger partial charge in [0.25, 0.3) is 0 Å². The van der Waals surface area contributed by atoms with E-state index in [0.29, 0.717) is 17.5 Å². The van der Waals surface area contributed by atoms with Crippen LogP contribution in [0.2, 0.25) is 0 Å². The van der Waals surface area contributed by atoms with Crippen molar-refractivity contribution in [2.24, 2.45) is 9.98 Å². The molecule has 3 aromatic heterocycles. The zero-order chi connectivity index (χ0) is 44.1. The Labute approximate surface area is 381 Å². The molecule has 0 aliphatic rings. The number of hydrogen-bond donors (Lipinski definition) is 0. The standard InChI is InChI=1S/C60H41N5O/c1-39(41-20-7-3-8-21-41)61-60(62-40(2)42-22-9-4-10-23-42)65-55-33-18-16-29-50(55)52-35-34-51-49-28-15-17-32-54(49)64(56(51)57(52)65)47-37-45(43-24-11-5-12-25-43)36-46(38-47)48-30-19-31-53-58(48)66-59(63-53)44-26-13-6-14-27-44/h3-38H,1H2,2H3. The summed E-state index contributed by atoms with van der Waals surface area (Å²) in [6, 6.07) is 75.9. The highest BCUT2D eigenvalue weighted by atomic mass is 16.3. The van der Waals surface area contributed by atoms with Crippen molar-refractivity contribution < 1.29 is 4.42 Å². The number of fused-ring (bicyclic) bond motifs is 8. The highest BCUT2D eigenvalue weighted by molar-refractivity contribution is 6.26. The van der Waals surface area contributed by atoms with E-state index < -0.39 is 0 Å². The zero-order valence-corrected chi connectivity index (χ0v) is 36.1. The van der Waals surface area contributed by atoms with Crippen LogP contribution in [0.1, 0.15) is 18.1 Å². The second-order valence-corrected chi connectivity index (χ2v) is 16.5. The quantitative estimate of drug-likeness (QED) is 0.118. The van der Waals surface area contributed by atoms with Crippen LogP contribution in [0.4, 0.5) is 0 Å². The van der Waals surface area contributed by atoms with Crippen LogP contribution >= 0.6 is 0 Å². The monoisotopic (exact) mass is 847 g/mol. The van der Waals surface area contributed by atoms with Crippen LogP contribution in [-0.4, -0.2) is 25.8 Å². The minimum absolute atomic E-state index is 0.519. The van der Waals surface area contributed by atoms with Crippen molar-refractivity contribution in [3.8, 4) is 39.4 Å². The Kier molecular flexibility index (Phi) is 9.42. The predicted octanol–water partition coefficient (Wildman–Crippen LogP) is 15.4. The number of aliphatic imine (C=N–C) groups is 2. The third-order valence-electron chi connectivity index (χ3n) is 12.5. The van der Waals surface area contributed by atoms with Gasteiger partial charge in [-0.3, -0.25) is 4.57 Å². The number of rotatable bonds is 7. The van der Waals surface area contributed by atoms with E-state index in [2.05, 4.69) is 149 Å². The molecule has 0 unspecified atom stereocenters. The van der Waals surface area contributed by atoms with Crippen LogP contribution in [0.15, 0.2) is 239 Å². The summed E-state index contributed by atoms with van der Waals surface area (Å²) in [6.45, 7) is 6.55. The van der Waals surface area contributed by atoms with Crippen LogP contribution in [0.25, 0.3) is 99.8 Å². The second kappa shape index (κ2) is 16.0. The van der Waals surface area contributed by atoms with E-state index in [4.69, 9.17) is 19.4 Å². The normalized spacial score (nSPS) is 12.3. The molecule has 0 amide bonds. The number of nitrogens with zero attached hydrogens (tertiary/aromatic N) is 5. The first kappa shape index (κ1) is 38.8. The first-order valence-electron chi connectivity index (χ1n) is 22.1. The third-order valence-corrected chi connectivity index (χ3v) is 12.5. The van der Waals surface area contributed by atoms with Gasteiger partial charge in [-0.2, -0.15) is 0 Å². The highest BCUT2D eigenvalue weighted by Gasteiger charge is 2.24. The summed E-state index contributed by atoms with van der Waals surface area (Å²) in [5, 5.41) is 4.44. The average molecular weight is 848 g/mol. The molecule has 0 atom stereocenters. The molecule has 6 nitrogen and oxygen atoms in total. The van der Waals surface area contributed by atoms with Crippen molar-refractivity contribution in [1.29, 1.82) is 0 Å². The molecular weight excluding hydrogens is 807 g/mol. The molecular formula is C60H41N5O. The molecule has 12 aromatic rings. The topological polar surface area (TPSA) is 60.6 Å². The summed E-state index contributed by atoms with van der Waals surface area (Å²) in [5.41, 5.74) is 15.1. The zero-order valence-electron chi connectivity index (χ0n) is 36.1. The lowest BCUT2D eigenvalue weighted by atomic mass is 9.97. The number of aromatic nitrogens is 3. The Morgan fingerprint density at radius 2 is 1.06 bits per heavy atom. The van der Waals surface area contributed by atoms with Crippen molar-refractivity contribution in [2.45, 2.75) is 6.92 Å². The Bertz CT molecular complexity index is 3880. The predicted molar refractivity (Wildman–Crippen MR) is 275 cm³/mol. The van der Waals surface area contributed by atoms with Gasteiger partial charge < -0.3 is 8.98 Å². The Hall–Kier alpha value is -8.87. The summed E-state index contributed by atoms with van der Waals surface area (Å²) < 4.78 is 11.3. The van der Waals surface area contributed by atoms with Crippen LogP contribution in [0.3, 0.4) is 0 Å². The molecule has 0 saturated heterocycles. The van der Waals surface area contributed by atoms with Gasteiger partial charge in [-0.25, -0.2) is 15.0 Å². The molecule has 9 aromatic carbocycles. The summed E-state index contributed by atoms with van der Waals surface area (Å²) in [5.74, 6) is 1.11. The third kappa shape index (κ3) is 6.63. The van der Waals surface area contributed by atoms with Gasteiger partial charge in [-0.1, -0.05) is 176 Å². The van der Waals surface area contributed by atoms with Crippen LogP contribution in [-0.2, 0) is 0 Å². The van der Waals surface area contributed by atoms with Gasteiger partial charge in [0.05, 0.1) is 27.8 Å². The van der Waals surface area contributed by atoms with Gasteiger partial charge in [0, 0.05) is 44.1 Å². The van der Waals surface area contributed by atoms with Gasteiger partial charge >= 0.3 is 0 Å². The largest absolute Gasteiger partial charge is 0.435 e. The van der Waals surface area contributed by atoms with E-state index in [1.165, 1.54) is 0 Å². The van der Waals surface area contributed by atoms with E-state index in [1.807, 2.05) is 91.9 Å². The SMILES string of the molecule is C=C(N=C(N=C(C)c1ccccc1)n1c2ccccc2c2ccc3c4ccccc4n(-c4cc(-c5ccccc5)cc(-c5cccc6nc(-c7ccccc7)oc56)c4)c3c21)c1ccccc1. The van der Waals surface area contributed by atoms with Crippen LogP contribution < -0.4 is 0 Å². The Morgan fingerprint density at radius 3 is 1.77 bits per heavy atom. The summed E-state index contributed by atoms with van der Waals surface area (Å²) in [4.78, 5) is 15.7. The van der Waals surface area contributed by atoms with Crippen molar-refractivity contribution in [3.63, 3.8) is 0 Å². The molecule has 6 heteroatoms. The maximum absolute atomic E-state index is 6.66. The maximum Gasteiger partial charge on any atom is 0.235 e. The van der Waals surface area contributed by atoms with Gasteiger partial charge in [-0.15, -0.1) is 0 Å². The fraction of sp³-hybridized carbons (Fsp3) is 0.0167. The van der Waals surface area contributed by atoms with Crippen LogP contribution in [0, 0.1) is 0 Å². The molecule has 0 bridgehead atoms. The fourth-order valence-corrected chi connectivity index (χ4v) is 9.38. The highest BCUT2D eigenvalue weighted by Crippen LogP contribution is 2.43. The molecule has 0 spiro atoms. The minimum atomic E-state index is 0.519. The lowest BCUT2D eigenvalue weighted by Gasteiger charge is -2.16. The lowest BCUT2D eigenvalue weighted by Crippen LogP contribution is -2.13. The number of para-hydroxylation sites is 3. The first-order chi connectivity index (χ1) is 32.6. The molecule has 0 aliphatic heterocycles. The smallest absolute Gasteiger partial charge is 0.235 e. The van der Waals surface area contributed by atoms with E-state index in [1.54, 1.807) is 0 Å². The van der Waals surface area contributed by atoms with Crippen molar-refractivity contribution in [3.05, 3.63) is 236 Å². The van der Waals surface area contributed by atoms with Crippen molar-refractivity contribution in [1.82, 2.24) is 14.1 Å². The van der Waals surface area contributed by atoms with Gasteiger partial charge in [0.2, 0.25) is 11.9 Å². The molecule has 66 heavy (non-hydrogen) atoms. The lowest BCUT2D eigenvalue weighted by molar-refractivity contribution is 0.621. The molecule has 12 rings (SSSR count). The van der Waals surface area contributed by atoms with Crippen molar-refractivity contribution >= 4 is 72.1 Å². The van der Waals surface area contributed by atoms with E-state index in [9.17, 15) is 0 Å². The molecule has 3 heterocycles. The Morgan fingerprint density at radius 1 is 0.485 bits per heavy atom. The van der Waals surface area contributed by atoms with Gasteiger partial charge in [0.1, 0.15) is 5.52 Å². The number of benzene rings is 9. The minimum Gasteiger partial charge on any atom is -0.435 e. The van der Waals surface area contributed by atoms with Gasteiger partial charge in [0.15, 0.2) is 5.58 Å².